The van der Waals surface area contributed by atoms with Crippen LogP contribution >= 0.6 is 0 Å². The first-order valence-electron chi connectivity index (χ1n) is 6.48. The average Bonchev–Trinajstić information content (AvgIpc) is 2.25. The van der Waals surface area contributed by atoms with Crippen molar-refractivity contribution < 1.29 is 4.39 Å². The quantitative estimate of drug-likeness (QED) is 0.781. The second-order valence-corrected chi connectivity index (χ2v) is 5.19. The Morgan fingerprint density at radius 3 is 2.47 bits per heavy atom. The van der Waals surface area contributed by atoms with E-state index in [0.717, 1.165) is 29.9 Å². The normalized spacial score (nSPS) is 13.1. The summed E-state index contributed by atoms with van der Waals surface area (Å²) in [7, 11) is 1.90. The van der Waals surface area contributed by atoms with E-state index >= 15 is 0 Å². The van der Waals surface area contributed by atoms with Gasteiger partial charge in [0.05, 0.1) is 0 Å². The fraction of sp³-hybridized carbons (Fsp3) is 0.600. The SMILES string of the molecule is CNC(CCCC(C)C)c1ccc(C)cc1F. The van der Waals surface area contributed by atoms with Gasteiger partial charge in [-0.25, -0.2) is 4.39 Å². The van der Waals surface area contributed by atoms with Crippen LogP contribution in [0.15, 0.2) is 18.2 Å². The Balaban J connectivity index is 2.66. The van der Waals surface area contributed by atoms with Gasteiger partial charge in [0.25, 0.3) is 0 Å². The van der Waals surface area contributed by atoms with Crippen molar-refractivity contribution in [3.05, 3.63) is 35.1 Å². The van der Waals surface area contributed by atoms with Crippen molar-refractivity contribution in [2.45, 2.75) is 46.1 Å². The van der Waals surface area contributed by atoms with Crippen LogP contribution in [0.2, 0.25) is 0 Å². The molecule has 2 heteroatoms. The van der Waals surface area contributed by atoms with Crippen molar-refractivity contribution in [3.8, 4) is 0 Å². The lowest BCUT2D eigenvalue weighted by molar-refractivity contribution is 0.456. The molecule has 0 saturated carbocycles. The highest BCUT2D eigenvalue weighted by molar-refractivity contribution is 5.26. The van der Waals surface area contributed by atoms with Crippen LogP contribution in [0.5, 0.6) is 0 Å². The third-order valence-electron chi connectivity index (χ3n) is 3.15. The highest BCUT2D eigenvalue weighted by atomic mass is 19.1. The van der Waals surface area contributed by atoms with Crippen LogP contribution in [0.3, 0.4) is 0 Å². The van der Waals surface area contributed by atoms with Crippen LogP contribution in [-0.4, -0.2) is 7.05 Å². The molecule has 0 fully saturated rings. The van der Waals surface area contributed by atoms with Gasteiger partial charge in [0.2, 0.25) is 0 Å². The second kappa shape index (κ2) is 6.75. The first-order chi connectivity index (χ1) is 8.04. The Morgan fingerprint density at radius 2 is 1.94 bits per heavy atom. The predicted molar refractivity (Wildman–Crippen MR) is 71.6 cm³/mol. The third-order valence-corrected chi connectivity index (χ3v) is 3.15. The summed E-state index contributed by atoms with van der Waals surface area (Å²) in [5.74, 6) is 0.629. The summed E-state index contributed by atoms with van der Waals surface area (Å²) in [6.45, 7) is 6.36. The molecule has 0 amide bonds. The predicted octanol–water partition coefficient (Wildman–Crippen LogP) is 4.22. The zero-order valence-corrected chi connectivity index (χ0v) is 11.4. The molecule has 1 N–H and O–H groups in total. The molecule has 1 nitrogen and oxygen atoms in total. The van der Waals surface area contributed by atoms with Gasteiger partial charge in [-0.05, 0) is 37.9 Å². The molecule has 0 radical (unpaired) electrons. The molecular weight excluding hydrogens is 213 g/mol. The molecule has 0 heterocycles. The molecule has 17 heavy (non-hydrogen) atoms. The number of hydrogen-bond acceptors (Lipinski definition) is 1. The summed E-state index contributed by atoms with van der Waals surface area (Å²) in [5, 5.41) is 3.21. The lowest BCUT2D eigenvalue weighted by Gasteiger charge is -2.18. The van der Waals surface area contributed by atoms with Gasteiger partial charge in [0.1, 0.15) is 5.82 Å². The Bertz CT molecular complexity index is 347. The first-order valence-corrected chi connectivity index (χ1v) is 6.48. The summed E-state index contributed by atoms with van der Waals surface area (Å²) in [5.41, 5.74) is 1.77. The van der Waals surface area contributed by atoms with Crippen LogP contribution in [0, 0.1) is 18.7 Å². The van der Waals surface area contributed by atoms with E-state index in [4.69, 9.17) is 0 Å². The fourth-order valence-corrected chi connectivity index (χ4v) is 2.10. The smallest absolute Gasteiger partial charge is 0.128 e. The number of benzene rings is 1. The average molecular weight is 237 g/mol. The largest absolute Gasteiger partial charge is 0.313 e. The van der Waals surface area contributed by atoms with E-state index in [1.807, 2.05) is 26.1 Å². The van der Waals surface area contributed by atoms with Crippen molar-refractivity contribution in [1.29, 1.82) is 0 Å². The second-order valence-electron chi connectivity index (χ2n) is 5.19. The number of aryl methyl sites for hydroxylation is 1. The minimum Gasteiger partial charge on any atom is -0.313 e. The van der Waals surface area contributed by atoms with Gasteiger partial charge in [0, 0.05) is 11.6 Å². The van der Waals surface area contributed by atoms with E-state index in [0.29, 0.717) is 0 Å². The Kier molecular flexibility index (Phi) is 5.63. The molecule has 1 aromatic carbocycles. The van der Waals surface area contributed by atoms with Crippen molar-refractivity contribution in [3.63, 3.8) is 0 Å². The van der Waals surface area contributed by atoms with E-state index in [2.05, 4.69) is 19.2 Å². The lowest BCUT2D eigenvalue weighted by atomic mass is 9.97. The molecule has 0 saturated heterocycles. The molecule has 1 unspecified atom stereocenters. The molecule has 0 aliphatic carbocycles. The van der Waals surface area contributed by atoms with E-state index in [1.165, 1.54) is 6.42 Å². The van der Waals surface area contributed by atoms with Crippen LogP contribution in [-0.2, 0) is 0 Å². The molecular formula is C15H24FN. The zero-order valence-electron chi connectivity index (χ0n) is 11.4. The van der Waals surface area contributed by atoms with Gasteiger partial charge >= 0.3 is 0 Å². The van der Waals surface area contributed by atoms with Crippen LogP contribution < -0.4 is 5.32 Å². The van der Waals surface area contributed by atoms with Gasteiger partial charge in [-0.2, -0.15) is 0 Å². The summed E-state index contributed by atoms with van der Waals surface area (Å²) in [6.07, 6.45) is 3.33. The molecule has 0 spiro atoms. The highest BCUT2D eigenvalue weighted by Gasteiger charge is 2.13. The highest BCUT2D eigenvalue weighted by Crippen LogP contribution is 2.23. The van der Waals surface area contributed by atoms with Gasteiger partial charge < -0.3 is 5.32 Å². The maximum Gasteiger partial charge on any atom is 0.128 e. The number of rotatable bonds is 6. The van der Waals surface area contributed by atoms with Crippen LogP contribution in [0.1, 0.15) is 50.3 Å². The molecule has 0 bridgehead atoms. The van der Waals surface area contributed by atoms with Gasteiger partial charge in [0.15, 0.2) is 0 Å². The van der Waals surface area contributed by atoms with Crippen molar-refractivity contribution in [2.24, 2.45) is 5.92 Å². The Labute approximate surface area is 104 Å². The van der Waals surface area contributed by atoms with Crippen molar-refractivity contribution in [1.82, 2.24) is 5.32 Å². The van der Waals surface area contributed by atoms with E-state index in [-0.39, 0.29) is 11.9 Å². The third kappa shape index (κ3) is 4.47. The summed E-state index contributed by atoms with van der Waals surface area (Å²) in [4.78, 5) is 0. The van der Waals surface area contributed by atoms with E-state index in [9.17, 15) is 4.39 Å². The van der Waals surface area contributed by atoms with E-state index < -0.39 is 0 Å². The monoisotopic (exact) mass is 237 g/mol. The zero-order chi connectivity index (χ0) is 12.8. The molecule has 1 aromatic rings. The fourth-order valence-electron chi connectivity index (χ4n) is 2.10. The molecule has 0 aliphatic rings. The Hall–Kier alpha value is -0.890. The van der Waals surface area contributed by atoms with Crippen molar-refractivity contribution in [2.75, 3.05) is 7.05 Å². The molecule has 0 aromatic heterocycles. The summed E-state index contributed by atoms with van der Waals surface area (Å²) in [6, 6.07) is 5.63. The topological polar surface area (TPSA) is 12.0 Å². The maximum absolute atomic E-state index is 13.8. The maximum atomic E-state index is 13.8. The van der Waals surface area contributed by atoms with Crippen LogP contribution in [0.25, 0.3) is 0 Å². The molecule has 96 valence electrons. The van der Waals surface area contributed by atoms with Gasteiger partial charge in [-0.15, -0.1) is 0 Å². The summed E-state index contributed by atoms with van der Waals surface area (Å²) < 4.78 is 13.8. The van der Waals surface area contributed by atoms with Gasteiger partial charge in [-0.1, -0.05) is 38.8 Å². The minimum atomic E-state index is -0.0890. The number of hydrogen-bond donors (Lipinski definition) is 1. The first kappa shape index (κ1) is 14.2. The molecule has 0 aliphatic heterocycles. The van der Waals surface area contributed by atoms with E-state index in [1.54, 1.807) is 6.07 Å². The molecule has 1 atom stereocenters. The summed E-state index contributed by atoms with van der Waals surface area (Å²) >= 11 is 0. The van der Waals surface area contributed by atoms with Gasteiger partial charge in [-0.3, -0.25) is 0 Å². The number of halogens is 1. The lowest BCUT2D eigenvalue weighted by Crippen LogP contribution is -2.18. The minimum absolute atomic E-state index is 0.0890. The Morgan fingerprint density at radius 1 is 1.24 bits per heavy atom. The van der Waals surface area contributed by atoms with Crippen molar-refractivity contribution >= 4 is 0 Å². The van der Waals surface area contributed by atoms with Crippen LogP contribution in [0.4, 0.5) is 4.39 Å². The molecule has 1 rings (SSSR count). The number of nitrogens with one attached hydrogen (secondary N) is 1. The standard InChI is InChI=1S/C15H24FN/c1-11(2)6-5-7-15(17-4)13-9-8-12(3)10-14(13)16/h8-11,15,17H,5-7H2,1-4H3.